The molecule has 0 atom stereocenters. The molecule has 1 aromatic rings. The minimum absolute atomic E-state index is 0.603. The van der Waals surface area contributed by atoms with Gasteiger partial charge in [0.1, 0.15) is 0 Å². The van der Waals surface area contributed by atoms with Crippen molar-refractivity contribution in [3.8, 4) is 0 Å². The van der Waals surface area contributed by atoms with Gasteiger partial charge in [0.2, 0.25) is 0 Å². The van der Waals surface area contributed by atoms with Gasteiger partial charge in [-0.3, -0.25) is 4.79 Å². The van der Waals surface area contributed by atoms with E-state index in [0.717, 1.165) is 32.4 Å². The van der Waals surface area contributed by atoms with Crippen molar-refractivity contribution >= 4 is 5.97 Å². The van der Waals surface area contributed by atoms with Gasteiger partial charge < -0.3 is 10.0 Å². The topological polar surface area (TPSA) is 40.5 Å². The van der Waals surface area contributed by atoms with E-state index in [9.17, 15) is 4.79 Å². The van der Waals surface area contributed by atoms with Crippen LogP contribution in [-0.2, 0) is 11.3 Å². The van der Waals surface area contributed by atoms with Crippen molar-refractivity contribution in [1.29, 1.82) is 0 Å². The fourth-order valence-corrected chi connectivity index (χ4v) is 2.21. The Morgan fingerprint density at radius 3 is 2.50 bits per heavy atom. The van der Waals surface area contributed by atoms with Crippen LogP contribution < -0.4 is 0 Å². The van der Waals surface area contributed by atoms with Crippen LogP contribution in [0.15, 0.2) is 24.3 Å². The molecule has 0 bridgehead atoms. The summed E-state index contributed by atoms with van der Waals surface area (Å²) in [5.41, 5.74) is 2.08. The molecule has 0 saturated carbocycles. The number of nitrogens with zero attached hydrogens (tertiary/aromatic N) is 1. The van der Waals surface area contributed by atoms with Crippen molar-refractivity contribution in [2.75, 3.05) is 13.6 Å². The zero-order chi connectivity index (χ0) is 15.2. The number of carboxylic acids is 1. The van der Waals surface area contributed by atoms with Crippen LogP contribution in [0.1, 0.15) is 44.2 Å². The van der Waals surface area contributed by atoms with Crippen LogP contribution in [0.25, 0.3) is 0 Å². The number of rotatable bonds is 8. The maximum atomic E-state index is 11.0. The molecule has 0 fully saturated rings. The molecule has 0 spiro atoms. The number of unbranched alkanes of at least 4 members (excludes halogenated alkanes) is 1. The summed E-state index contributed by atoms with van der Waals surface area (Å²) in [7, 11) is 2.12. The van der Waals surface area contributed by atoms with E-state index in [2.05, 4.69) is 43.1 Å². The Bertz CT molecular complexity index is 440. The molecule has 3 heteroatoms. The van der Waals surface area contributed by atoms with Crippen LogP contribution in [0.2, 0.25) is 0 Å². The van der Waals surface area contributed by atoms with Gasteiger partial charge in [0.15, 0.2) is 0 Å². The highest BCUT2D eigenvalue weighted by atomic mass is 16.4. The average Bonchev–Trinajstić information content (AvgIpc) is 2.37. The summed E-state index contributed by atoms with van der Waals surface area (Å²) in [5, 5.41) is 9.06. The van der Waals surface area contributed by atoms with Crippen molar-refractivity contribution in [2.24, 2.45) is 5.41 Å². The molecule has 0 unspecified atom stereocenters. The van der Waals surface area contributed by atoms with E-state index in [1.165, 1.54) is 11.1 Å². The monoisotopic (exact) mass is 277 g/mol. The second-order valence-corrected chi connectivity index (χ2v) is 6.31. The number of aliphatic carboxylic acids is 1. The largest absolute Gasteiger partial charge is 0.481 e. The molecule has 0 saturated heterocycles. The molecule has 0 aliphatic carbocycles. The van der Waals surface area contributed by atoms with Gasteiger partial charge >= 0.3 is 5.97 Å². The summed E-state index contributed by atoms with van der Waals surface area (Å²) in [4.78, 5) is 13.3. The third kappa shape index (κ3) is 5.33. The highest BCUT2D eigenvalue weighted by molar-refractivity contribution is 5.73. The molecular weight excluding hydrogens is 250 g/mol. The maximum absolute atomic E-state index is 11.0. The summed E-state index contributed by atoms with van der Waals surface area (Å²) in [6.45, 7) is 7.69. The molecule has 0 aliphatic rings. The van der Waals surface area contributed by atoms with Gasteiger partial charge in [-0.05, 0) is 58.3 Å². The van der Waals surface area contributed by atoms with Crippen LogP contribution in [-0.4, -0.2) is 29.6 Å². The highest BCUT2D eigenvalue weighted by Gasteiger charge is 2.25. The number of hydrogen-bond acceptors (Lipinski definition) is 2. The normalized spacial score (nSPS) is 11.8. The van der Waals surface area contributed by atoms with Crippen LogP contribution in [0.3, 0.4) is 0 Å². The smallest absolute Gasteiger partial charge is 0.309 e. The summed E-state index contributed by atoms with van der Waals surface area (Å²) in [5.74, 6) is -0.703. The molecule has 0 radical (unpaired) electrons. The van der Waals surface area contributed by atoms with Gasteiger partial charge in [0, 0.05) is 6.54 Å². The van der Waals surface area contributed by atoms with Crippen molar-refractivity contribution in [3.05, 3.63) is 35.4 Å². The predicted molar refractivity (Wildman–Crippen MR) is 82.8 cm³/mol. The van der Waals surface area contributed by atoms with Crippen LogP contribution >= 0.6 is 0 Å². The zero-order valence-electron chi connectivity index (χ0n) is 13.1. The number of carboxylic acid groups (broad SMARTS) is 1. The fraction of sp³-hybridized carbons (Fsp3) is 0.588. The molecule has 1 rings (SSSR count). The first-order valence-electron chi connectivity index (χ1n) is 7.29. The quantitative estimate of drug-likeness (QED) is 0.736. The van der Waals surface area contributed by atoms with Crippen LogP contribution in [0.5, 0.6) is 0 Å². The molecule has 0 aliphatic heterocycles. The molecule has 1 aromatic carbocycles. The summed E-state index contributed by atoms with van der Waals surface area (Å²) in [6.07, 6.45) is 2.73. The lowest BCUT2D eigenvalue weighted by molar-refractivity contribution is -0.147. The molecule has 0 aromatic heterocycles. The van der Waals surface area contributed by atoms with Crippen molar-refractivity contribution in [2.45, 2.75) is 46.6 Å². The predicted octanol–water partition coefficient (Wildman–Crippen LogP) is 3.71. The average molecular weight is 277 g/mol. The van der Waals surface area contributed by atoms with E-state index in [1.807, 2.05) is 0 Å². The summed E-state index contributed by atoms with van der Waals surface area (Å²) < 4.78 is 0. The number of carbonyl (C=O) groups is 1. The lowest BCUT2D eigenvalue weighted by atomic mass is 9.87. The SMILES string of the molecule is Cc1ccccc1CN(C)CCCCC(C)(C)C(=O)O. The van der Waals surface area contributed by atoms with Gasteiger partial charge in [-0.1, -0.05) is 30.7 Å². The van der Waals surface area contributed by atoms with Crippen molar-refractivity contribution in [3.63, 3.8) is 0 Å². The van der Waals surface area contributed by atoms with E-state index in [-0.39, 0.29) is 0 Å². The Morgan fingerprint density at radius 2 is 1.90 bits per heavy atom. The number of aryl methyl sites for hydroxylation is 1. The molecule has 0 amide bonds. The van der Waals surface area contributed by atoms with Gasteiger partial charge in [0.25, 0.3) is 0 Å². The Morgan fingerprint density at radius 1 is 1.25 bits per heavy atom. The molecule has 0 heterocycles. The summed E-state index contributed by atoms with van der Waals surface area (Å²) >= 11 is 0. The minimum atomic E-state index is -0.703. The molecule has 3 nitrogen and oxygen atoms in total. The fourth-order valence-electron chi connectivity index (χ4n) is 2.21. The molecule has 112 valence electrons. The Balaban J connectivity index is 2.29. The first kappa shape index (κ1) is 16.7. The van der Waals surface area contributed by atoms with Crippen molar-refractivity contribution < 1.29 is 9.90 Å². The maximum Gasteiger partial charge on any atom is 0.309 e. The first-order chi connectivity index (χ1) is 9.33. The van der Waals surface area contributed by atoms with Gasteiger partial charge in [-0.25, -0.2) is 0 Å². The number of benzene rings is 1. The highest BCUT2D eigenvalue weighted by Crippen LogP contribution is 2.23. The van der Waals surface area contributed by atoms with Crippen LogP contribution in [0, 0.1) is 12.3 Å². The Hall–Kier alpha value is -1.35. The van der Waals surface area contributed by atoms with E-state index >= 15 is 0 Å². The van der Waals surface area contributed by atoms with E-state index in [4.69, 9.17) is 5.11 Å². The molecule has 1 N–H and O–H groups in total. The van der Waals surface area contributed by atoms with E-state index in [1.54, 1.807) is 13.8 Å². The van der Waals surface area contributed by atoms with E-state index in [0.29, 0.717) is 0 Å². The third-order valence-electron chi connectivity index (χ3n) is 3.87. The standard InChI is InChI=1S/C17H27NO2/c1-14-9-5-6-10-15(14)13-18(4)12-8-7-11-17(2,3)16(19)20/h5-6,9-10H,7-8,11-13H2,1-4H3,(H,19,20). The first-order valence-corrected chi connectivity index (χ1v) is 7.29. The minimum Gasteiger partial charge on any atom is -0.481 e. The van der Waals surface area contributed by atoms with Gasteiger partial charge in [0.05, 0.1) is 5.41 Å². The summed E-state index contributed by atoms with van der Waals surface area (Å²) in [6, 6.07) is 8.44. The second-order valence-electron chi connectivity index (χ2n) is 6.31. The zero-order valence-corrected chi connectivity index (χ0v) is 13.1. The van der Waals surface area contributed by atoms with Crippen LogP contribution in [0.4, 0.5) is 0 Å². The lowest BCUT2D eigenvalue weighted by Gasteiger charge is -2.21. The molecule has 20 heavy (non-hydrogen) atoms. The second kappa shape index (κ2) is 7.44. The van der Waals surface area contributed by atoms with E-state index < -0.39 is 11.4 Å². The van der Waals surface area contributed by atoms with Crippen molar-refractivity contribution in [1.82, 2.24) is 4.90 Å². The molecular formula is C17H27NO2. The van der Waals surface area contributed by atoms with Gasteiger partial charge in [-0.2, -0.15) is 0 Å². The Kier molecular flexibility index (Phi) is 6.21. The number of hydrogen-bond donors (Lipinski definition) is 1. The van der Waals surface area contributed by atoms with Gasteiger partial charge in [-0.15, -0.1) is 0 Å². The Labute approximate surface area is 122 Å². The third-order valence-corrected chi connectivity index (χ3v) is 3.87. The lowest BCUT2D eigenvalue weighted by Crippen LogP contribution is -2.24.